The second-order valence-corrected chi connectivity index (χ2v) is 7.47. The minimum Gasteiger partial charge on any atom is -0.457 e. The molecule has 0 aliphatic carbocycles. The van der Waals surface area contributed by atoms with Gasteiger partial charge in [-0.2, -0.15) is 11.8 Å². The van der Waals surface area contributed by atoms with Crippen LogP contribution in [0.3, 0.4) is 0 Å². The van der Waals surface area contributed by atoms with Crippen LogP contribution in [0, 0.1) is 0 Å². The van der Waals surface area contributed by atoms with Gasteiger partial charge >= 0.3 is 0 Å². The summed E-state index contributed by atoms with van der Waals surface area (Å²) in [6, 6.07) is 15.5. The van der Waals surface area contributed by atoms with Crippen LogP contribution in [-0.4, -0.2) is 22.7 Å². The highest BCUT2D eigenvalue weighted by molar-refractivity contribution is 8.08. The highest BCUT2D eigenvalue weighted by Gasteiger charge is 2.21. The van der Waals surface area contributed by atoms with Gasteiger partial charge in [-0.25, -0.2) is 0 Å². The van der Waals surface area contributed by atoms with Gasteiger partial charge in [-0.05, 0) is 48.5 Å². The summed E-state index contributed by atoms with van der Waals surface area (Å²) < 4.78 is 5.81. The number of hydrogen-bond acceptors (Lipinski definition) is 4. The number of carbonyl (C=O) groups excluding carboxylic acids is 1. The maximum atomic E-state index is 11.0. The van der Waals surface area contributed by atoms with Gasteiger partial charge in [0.05, 0.1) is 0 Å². The SMILES string of the molecule is CC.CC(=O)Nc1ccc(Oc2ccc(SCC3CS3)cc2)cc1. The minimum atomic E-state index is -0.0774. The molecule has 1 aliphatic rings. The topological polar surface area (TPSA) is 38.3 Å². The molecule has 2 aromatic carbocycles. The van der Waals surface area contributed by atoms with E-state index in [-0.39, 0.29) is 5.91 Å². The lowest BCUT2D eigenvalue weighted by Gasteiger charge is -2.08. The lowest BCUT2D eigenvalue weighted by Crippen LogP contribution is -2.05. The first kappa shape index (κ1) is 18.7. The van der Waals surface area contributed by atoms with E-state index in [0.717, 1.165) is 22.4 Å². The molecule has 1 aliphatic heterocycles. The van der Waals surface area contributed by atoms with E-state index >= 15 is 0 Å². The van der Waals surface area contributed by atoms with Crippen molar-refractivity contribution in [3.63, 3.8) is 0 Å². The average molecular weight is 362 g/mol. The zero-order valence-corrected chi connectivity index (χ0v) is 15.9. The van der Waals surface area contributed by atoms with Gasteiger partial charge in [0.25, 0.3) is 0 Å². The predicted molar refractivity (Wildman–Crippen MR) is 106 cm³/mol. The molecule has 1 heterocycles. The molecular formula is C19H23NO2S2. The maximum absolute atomic E-state index is 11.0. The van der Waals surface area contributed by atoms with Gasteiger partial charge in [0.15, 0.2) is 0 Å². The Bertz CT molecular complexity index is 637. The van der Waals surface area contributed by atoms with Crippen LogP contribution in [0.1, 0.15) is 20.8 Å². The summed E-state index contributed by atoms with van der Waals surface area (Å²) in [7, 11) is 0. The van der Waals surface area contributed by atoms with E-state index in [1.807, 2.05) is 73.8 Å². The zero-order chi connectivity index (χ0) is 17.4. The van der Waals surface area contributed by atoms with E-state index in [1.54, 1.807) is 0 Å². The Labute approximate surface area is 152 Å². The quantitative estimate of drug-likeness (QED) is 0.531. The molecule has 3 rings (SSSR count). The Morgan fingerprint density at radius 2 is 1.67 bits per heavy atom. The molecular weight excluding hydrogens is 338 g/mol. The Kier molecular flexibility index (Phi) is 7.53. The highest BCUT2D eigenvalue weighted by Crippen LogP contribution is 2.35. The Morgan fingerprint density at radius 1 is 1.12 bits per heavy atom. The van der Waals surface area contributed by atoms with Crippen LogP contribution in [0.2, 0.25) is 0 Å². The second kappa shape index (κ2) is 9.64. The van der Waals surface area contributed by atoms with Crippen molar-refractivity contribution in [3.05, 3.63) is 48.5 Å². The molecule has 1 saturated heterocycles. The van der Waals surface area contributed by atoms with E-state index < -0.39 is 0 Å². The first-order chi connectivity index (χ1) is 11.7. The molecule has 1 unspecified atom stereocenters. The molecule has 1 amide bonds. The van der Waals surface area contributed by atoms with Crippen molar-refractivity contribution in [2.75, 3.05) is 16.8 Å². The summed E-state index contributed by atoms with van der Waals surface area (Å²) in [5.41, 5.74) is 0.768. The van der Waals surface area contributed by atoms with Crippen LogP contribution < -0.4 is 10.1 Å². The molecule has 0 saturated carbocycles. The number of rotatable bonds is 6. The third kappa shape index (κ3) is 6.49. The molecule has 0 aromatic heterocycles. The van der Waals surface area contributed by atoms with E-state index in [9.17, 15) is 4.79 Å². The van der Waals surface area contributed by atoms with Gasteiger partial charge in [-0.3, -0.25) is 4.79 Å². The van der Waals surface area contributed by atoms with E-state index in [1.165, 1.54) is 23.3 Å². The molecule has 24 heavy (non-hydrogen) atoms. The second-order valence-electron chi connectivity index (χ2n) is 5.05. The lowest BCUT2D eigenvalue weighted by molar-refractivity contribution is -0.114. The molecule has 1 N–H and O–H groups in total. The van der Waals surface area contributed by atoms with E-state index in [2.05, 4.69) is 17.4 Å². The lowest BCUT2D eigenvalue weighted by atomic mass is 10.3. The third-order valence-corrected chi connectivity index (χ3v) is 5.43. The fourth-order valence-electron chi connectivity index (χ4n) is 1.90. The third-order valence-electron chi connectivity index (χ3n) is 3.07. The van der Waals surface area contributed by atoms with Gasteiger partial charge < -0.3 is 10.1 Å². The number of nitrogens with one attached hydrogen (secondary N) is 1. The van der Waals surface area contributed by atoms with Crippen LogP contribution in [0.15, 0.2) is 53.4 Å². The number of hydrogen-bond donors (Lipinski definition) is 1. The van der Waals surface area contributed by atoms with Gasteiger partial charge in [0.2, 0.25) is 5.91 Å². The number of amides is 1. The summed E-state index contributed by atoms with van der Waals surface area (Å²) >= 11 is 3.92. The molecule has 0 bridgehead atoms. The van der Waals surface area contributed by atoms with Crippen LogP contribution in [0.4, 0.5) is 5.69 Å². The summed E-state index contributed by atoms with van der Waals surface area (Å²) in [6.07, 6.45) is 0. The molecule has 3 nitrogen and oxygen atoms in total. The smallest absolute Gasteiger partial charge is 0.221 e. The minimum absolute atomic E-state index is 0.0774. The fraction of sp³-hybridized carbons (Fsp3) is 0.316. The summed E-state index contributed by atoms with van der Waals surface area (Å²) in [4.78, 5) is 12.3. The van der Waals surface area contributed by atoms with Crippen molar-refractivity contribution in [1.29, 1.82) is 0 Å². The number of anilines is 1. The average Bonchev–Trinajstić information content (AvgIpc) is 3.42. The highest BCUT2D eigenvalue weighted by atomic mass is 32.2. The van der Waals surface area contributed by atoms with Crippen molar-refractivity contribution in [3.8, 4) is 11.5 Å². The van der Waals surface area contributed by atoms with E-state index in [0.29, 0.717) is 0 Å². The number of thioether (sulfide) groups is 2. The monoisotopic (exact) mass is 361 g/mol. The number of carbonyl (C=O) groups is 1. The van der Waals surface area contributed by atoms with Crippen LogP contribution in [0.5, 0.6) is 11.5 Å². The maximum Gasteiger partial charge on any atom is 0.221 e. The molecule has 2 aromatic rings. The fourth-order valence-corrected chi connectivity index (χ4v) is 3.72. The van der Waals surface area contributed by atoms with Crippen molar-refractivity contribution in [2.24, 2.45) is 0 Å². The van der Waals surface area contributed by atoms with Gasteiger partial charge in [-0.15, -0.1) is 11.8 Å². The van der Waals surface area contributed by atoms with Gasteiger partial charge in [-0.1, -0.05) is 13.8 Å². The number of ether oxygens (including phenoxy) is 1. The largest absolute Gasteiger partial charge is 0.457 e. The zero-order valence-electron chi connectivity index (χ0n) is 14.2. The Morgan fingerprint density at radius 3 is 2.17 bits per heavy atom. The first-order valence-electron chi connectivity index (χ1n) is 8.09. The van der Waals surface area contributed by atoms with Gasteiger partial charge in [0.1, 0.15) is 11.5 Å². The van der Waals surface area contributed by atoms with Crippen molar-refractivity contribution < 1.29 is 9.53 Å². The van der Waals surface area contributed by atoms with Crippen LogP contribution in [-0.2, 0) is 4.79 Å². The molecule has 5 heteroatoms. The first-order valence-corrected chi connectivity index (χ1v) is 10.1. The molecule has 128 valence electrons. The molecule has 0 radical (unpaired) electrons. The molecule has 0 spiro atoms. The Hall–Kier alpha value is -1.59. The summed E-state index contributed by atoms with van der Waals surface area (Å²) in [6.45, 7) is 5.49. The summed E-state index contributed by atoms with van der Waals surface area (Å²) in [5, 5.41) is 3.58. The Balaban J connectivity index is 0.00000100. The molecule has 1 atom stereocenters. The summed E-state index contributed by atoms with van der Waals surface area (Å²) in [5.74, 6) is 3.99. The van der Waals surface area contributed by atoms with Crippen molar-refractivity contribution in [2.45, 2.75) is 30.9 Å². The van der Waals surface area contributed by atoms with E-state index in [4.69, 9.17) is 4.74 Å². The van der Waals surface area contributed by atoms with Gasteiger partial charge in [0, 0.05) is 34.3 Å². The van der Waals surface area contributed by atoms with Crippen LogP contribution in [0.25, 0.3) is 0 Å². The van der Waals surface area contributed by atoms with Crippen LogP contribution >= 0.6 is 23.5 Å². The standard InChI is InChI=1S/C17H17NO2S2.C2H6/c1-12(19)18-13-2-4-14(5-3-13)20-15-6-8-16(9-7-15)21-10-17-11-22-17;1-2/h2-9,17H,10-11H2,1H3,(H,18,19);1-2H3. The normalized spacial score (nSPS) is 15.0. The number of benzene rings is 2. The molecule has 1 fully saturated rings. The van der Waals surface area contributed by atoms with Crippen molar-refractivity contribution in [1.82, 2.24) is 0 Å². The van der Waals surface area contributed by atoms with Crippen molar-refractivity contribution >= 4 is 35.1 Å². The predicted octanol–water partition coefficient (Wildman–Crippen LogP) is 5.67.